The summed E-state index contributed by atoms with van der Waals surface area (Å²) in [5.74, 6) is 1.60. The molecular formula is C20H34N4O. The van der Waals surface area contributed by atoms with Gasteiger partial charge in [-0.3, -0.25) is 4.79 Å². The fourth-order valence-corrected chi connectivity index (χ4v) is 2.44. The molecule has 0 bridgehead atoms. The fraction of sp³-hybridized carbons (Fsp3) is 0.600. The molecule has 0 aliphatic heterocycles. The van der Waals surface area contributed by atoms with E-state index in [0.29, 0.717) is 12.5 Å². The first-order valence-electron chi connectivity index (χ1n) is 9.42. The van der Waals surface area contributed by atoms with E-state index >= 15 is 0 Å². The first-order valence-corrected chi connectivity index (χ1v) is 9.42. The van der Waals surface area contributed by atoms with Gasteiger partial charge in [0.05, 0.1) is 6.54 Å². The van der Waals surface area contributed by atoms with Crippen LogP contribution in [-0.4, -0.2) is 42.9 Å². The lowest BCUT2D eigenvalue weighted by Crippen LogP contribution is -2.38. The summed E-state index contributed by atoms with van der Waals surface area (Å²) in [5, 5.41) is 6.62. The number of aliphatic imine (C=N–C) groups is 1. The first-order chi connectivity index (χ1) is 12.0. The summed E-state index contributed by atoms with van der Waals surface area (Å²) >= 11 is 0. The number of benzene rings is 1. The Hall–Kier alpha value is -2.04. The Labute approximate surface area is 152 Å². The van der Waals surface area contributed by atoms with Gasteiger partial charge < -0.3 is 15.5 Å². The standard InChI is InChI=1S/C20H34N4O/c1-6-21-20(22-14-13-16(4)5)23-15-17-9-11-18(12-10-17)19(25)24(7-2)8-3/h9-12,16H,6-8,13-15H2,1-5H3,(H2,21,22,23). The quantitative estimate of drug-likeness (QED) is 0.533. The lowest BCUT2D eigenvalue weighted by Gasteiger charge is -2.18. The van der Waals surface area contributed by atoms with Gasteiger partial charge in [-0.05, 0) is 50.8 Å². The molecule has 1 amide bonds. The normalized spacial score (nSPS) is 11.5. The molecule has 5 heteroatoms. The summed E-state index contributed by atoms with van der Waals surface area (Å²) in [7, 11) is 0. The predicted octanol–water partition coefficient (Wildman–Crippen LogP) is 3.27. The van der Waals surface area contributed by atoms with Crippen LogP contribution < -0.4 is 10.6 Å². The van der Waals surface area contributed by atoms with Gasteiger partial charge >= 0.3 is 0 Å². The maximum absolute atomic E-state index is 12.3. The van der Waals surface area contributed by atoms with Gasteiger partial charge in [0.15, 0.2) is 5.96 Å². The Morgan fingerprint density at radius 2 is 1.72 bits per heavy atom. The van der Waals surface area contributed by atoms with Crippen molar-refractivity contribution in [3.05, 3.63) is 35.4 Å². The second-order valence-corrected chi connectivity index (χ2v) is 6.48. The van der Waals surface area contributed by atoms with Crippen LogP contribution in [0.2, 0.25) is 0 Å². The number of carbonyl (C=O) groups excluding carboxylic acids is 1. The van der Waals surface area contributed by atoms with E-state index in [1.807, 2.05) is 43.0 Å². The maximum atomic E-state index is 12.3. The molecule has 0 heterocycles. The Balaban J connectivity index is 2.66. The molecule has 2 N–H and O–H groups in total. The molecule has 25 heavy (non-hydrogen) atoms. The van der Waals surface area contributed by atoms with Crippen LogP contribution in [0.1, 0.15) is 57.0 Å². The second kappa shape index (κ2) is 11.5. The largest absolute Gasteiger partial charge is 0.357 e. The van der Waals surface area contributed by atoms with Crippen molar-refractivity contribution in [1.82, 2.24) is 15.5 Å². The van der Waals surface area contributed by atoms with Crippen molar-refractivity contribution in [2.45, 2.75) is 47.6 Å². The van der Waals surface area contributed by atoms with Crippen LogP contribution in [0.4, 0.5) is 0 Å². The van der Waals surface area contributed by atoms with E-state index in [-0.39, 0.29) is 5.91 Å². The SMILES string of the molecule is CCNC(=NCc1ccc(C(=O)N(CC)CC)cc1)NCCC(C)C. The highest BCUT2D eigenvalue weighted by atomic mass is 16.2. The van der Waals surface area contributed by atoms with E-state index in [9.17, 15) is 4.79 Å². The van der Waals surface area contributed by atoms with E-state index in [0.717, 1.165) is 49.7 Å². The molecule has 0 atom stereocenters. The van der Waals surface area contributed by atoms with Gasteiger partial charge in [0.25, 0.3) is 5.91 Å². The third kappa shape index (κ3) is 7.59. The van der Waals surface area contributed by atoms with Crippen molar-refractivity contribution >= 4 is 11.9 Å². The monoisotopic (exact) mass is 346 g/mol. The molecule has 0 aliphatic carbocycles. The summed E-state index contributed by atoms with van der Waals surface area (Å²) in [5.41, 5.74) is 1.83. The van der Waals surface area contributed by atoms with Crippen molar-refractivity contribution in [3.8, 4) is 0 Å². The molecule has 1 aromatic carbocycles. The number of guanidine groups is 1. The molecule has 1 aromatic rings. The molecule has 1 rings (SSSR count). The van der Waals surface area contributed by atoms with Gasteiger partial charge in [0.1, 0.15) is 0 Å². The molecule has 0 unspecified atom stereocenters. The Morgan fingerprint density at radius 1 is 1.08 bits per heavy atom. The molecule has 0 aliphatic rings. The molecule has 0 fully saturated rings. The second-order valence-electron chi connectivity index (χ2n) is 6.48. The average Bonchev–Trinajstić information content (AvgIpc) is 2.60. The van der Waals surface area contributed by atoms with E-state index in [1.165, 1.54) is 0 Å². The van der Waals surface area contributed by atoms with Crippen LogP contribution in [0.5, 0.6) is 0 Å². The minimum absolute atomic E-state index is 0.0868. The van der Waals surface area contributed by atoms with Gasteiger partial charge in [0.2, 0.25) is 0 Å². The predicted molar refractivity (Wildman–Crippen MR) is 106 cm³/mol. The van der Waals surface area contributed by atoms with Crippen LogP contribution in [0, 0.1) is 5.92 Å². The molecule has 0 saturated carbocycles. The minimum atomic E-state index is 0.0868. The van der Waals surface area contributed by atoms with Gasteiger partial charge in [-0.15, -0.1) is 0 Å². The Morgan fingerprint density at radius 3 is 2.24 bits per heavy atom. The number of carbonyl (C=O) groups is 1. The summed E-state index contributed by atoms with van der Waals surface area (Å²) in [6.07, 6.45) is 1.12. The third-order valence-corrected chi connectivity index (χ3v) is 4.03. The number of nitrogens with zero attached hydrogens (tertiary/aromatic N) is 2. The zero-order valence-electron chi connectivity index (χ0n) is 16.4. The van der Waals surface area contributed by atoms with Crippen molar-refractivity contribution in [3.63, 3.8) is 0 Å². The topological polar surface area (TPSA) is 56.7 Å². The minimum Gasteiger partial charge on any atom is -0.357 e. The Bertz CT molecular complexity index is 533. The van der Waals surface area contributed by atoms with Gasteiger partial charge in [0, 0.05) is 31.7 Å². The number of nitrogens with one attached hydrogen (secondary N) is 2. The number of hydrogen-bond donors (Lipinski definition) is 2. The fourth-order valence-electron chi connectivity index (χ4n) is 2.44. The van der Waals surface area contributed by atoms with E-state index in [2.05, 4.69) is 36.4 Å². The van der Waals surface area contributed by atoms with Crippen LogP contribution in [0.25, 0.3) is 0 Å². The third-order valence-electron chi connectivity index (χ3n) is 4.03. The smallest absolute Gasteiger partial charge is 0.253 e. The van der Waals surface area contributed by atoms with Gasteiger partial charge in [-0.1, -0.05) is 26.0 Å². The molecule has 0 radical (unpaired) electrons. The lowest BCUT2D eigenvalue weighted by molar-refractivity contribution is 0.0773. The molecule has 5 nitrogen and oxygen atoms in total. The first kappa shape index (κ1) is 21.0. The van der Waals surface area contributed by atoms with Gasteiger partial charge in [-0.2, -0.15) is 0 Å². The van der Waals surface area contributed by atoms with Crippen molar-refractivity contribution in [2.24, 2.45) is 10.9 Å². The van der Waals surface area contributed by atoms with Crippen molar-refractivity contribution < 1.29 is 4.79 Å². The zero-order chi connectivity index (χ0) is 18.7. The summed E-state index contributed by atoms with van der Waals surface area (Å²) in [4.78, 5) is 18.8. The summed E-state index contributed by atoms with van der Waals surface area (Å²) in [6, 6.07) is 7.76. The number of rotatable bonds is 9. The van der Waals surface area contributed by atoms with E-state index in [4.69, 9.17) is 0 Å². The highest BCUT2D eigenvalue weighted by molar-refractivity contribution is 5.94. The molecular weight excluding hydrogens is 312 g/mol. The summed E-state index contributed by atoms with van der Waals surface area (Å²) in [6.45, 7) is 14.3. The van der Waals surface area contributed by atoms with Crippen LogP contribution in [0.3, 0.4) is 0 Å². The van der Waals surface area contributed by atoms with E-state index < -0.39 is 0 Å². The van der Waals surface area contributed by atoms with Crippen molar-refractivity contribution in [2.75, 3.05) is 26.2 Å². The van der Waals surface area contributed by atoms with Gasteiger partial charge in [-0.25, -0.2) is 4.99 Å². The number of hydrogen-bond acceptors (Lipinski definition) is 2. The lowest BCUT2D eigenvalue weighted by atomic mass is 10.1. The average molecular weight is 347 g/mol. The number of amides is 1. The Kier molecular flexibility index (Phi) is 9.66. The molecule has 140 valence electrons. The van der Waals surface area contributed by atoms with E-state index in [1.54, 1.807) is 0 Å². The van der Waals surface area contributed by atoms with Crippen LogP contribution in [-0.2, 0) is 6.54 Å². The maximum Gasteiger partial charge on any atom is 0.253 e. The molecule has 0 spiro atoms. The molecule has 0 aromatic heterocycles. The zero-order valence-corrected chi connectivity index (χ0v) is 16.4. The highest BCUT2D eigenvalue weighted by Gasteiger charge is 2.11. The highest BCUT2D eigenvalue weighted by Crippen LogP contribution is 2.09. The summed E-state index contributed by atoms with van der Waals surface area (Å²) < 4.78 is 0. The van der Waals surface area contributed by atoms with Crippen LogP contribution >= 0.6 is 0 Å². The van der Waals surface area contributed by atoms with Crippen LogP contribution in [0.15, 0.2) is 29.3 Å². The molecule has 0 saturated heterocycles. The van der Waals surface area contributed by atoms with Crippen molar-refractivity contribution in [1.29, 1.82) is 0 Å².